The molecule has 0 spiro atoms. The third-order valence-corrected chi connectivity index (χ3v) is 3.42. The third-order valence-electron chi connectivity index (χ3n) is 3.42. The summed E-state index contributed by atoms with van der Waals surface area (Å²) in [7, 11) is 0. The van der Waals surface area contributed by atoms with Crippen LogP contribution in [0.1, 0.15) is 19.4 Å². The van der Waals surface area contributed by atoms with E-state index in [-0.39, 0.29) is 23.7 Å². The van der Waals surface area contributed by atoms with Crippen molar-refractivity contribution in [3.05, 3.63) is 29.8 Å². The Morgan fingerprint density at radius 3 is 2.18 bits per heavy atom. The number of hydrogen-bond donors (Lipinski definition) is 1. The molecule has 2 N–H and O–H groups in total. The molecule has 90 valence electrons. The van der Waals surface area contributed by atoms with E-state index >= 15 is 0 Å². The van der Waals surface area contributed by atoms with Crippen LogP contribution >= 0.6 is 0 Å². The number of benzene rings is 1. The predicted molar refractivity (Wildman–Crippen MR) is 65.2 cm³/mol. The van der Waals surface area contributed by atoms with Crippen molar-refractivity contribution in [3.8, 4) is 0 Å². The predicted octanol–water partition coefficient (Wildman–Crippen LogP) is 1.29. The van der Waals surface area contributed by atoms with E-state index in [1.165, 1.54) is 4.90 Å². The van der Waals surface area contributed by atoms with Crippen LogP contribution in [0.3, 0.4) is 0 Å². The van der Waals surface area contributed by atoms with Gasteiger partial charge < -0.3 is 5.73 Å². The van der Waals surface area contributed by atoms with Gasteiger partial charge in [-0.15, -0.1) is 0 Å². The summed E-state index contributed by atoms with van der Waals surface area (Å²) in [5.41, 5.74) is 7.07. The molecule has 17 heavy (non-hydrogen) atoms. The fourth-order valence-corrected chi connectivity index (χ4v) is 2.08. The van der Waals surface area contributed by atoms with Gasteiger partial charge in [-0.1, -0.05) is 32.0 Å². The van der Waals surface area contributed by atoms with Crippen LogP contribution in [-0.2, 0) is 16.1 Å². The molecular formula is C13H16N2O2. The standard InChI is InChI=1S/C13H16N2O2/c1-8-9(2)13(17)15(12(8)16)11-6-4-3-5-10(11)7-14/h3-6,8-9H,7,14H2,1-2H3. The molecular weight excluding hydrogens is 216 g/mol. The molecule has 0 saturated carbocycles. The highest BCUT2D eigenvalue weighted by Crippen LogP contribution is 2.32. The fraction of sp³-hybridized carbons (Fsp3) is 0.385. The molecule has 2 atom stereocenters. The minimum Gasteiger partial charge on any atom is -0.326 e. The number of carbonyl (C=O) groups excluding carboxylic acids is 2. The van der Waals surface area contributed by atoms with Crippen molar-refractivity contribution in [2.24, 2.45) is 17.6 Å². The Morgan fingerprint density at radius 2 is 1.65 bits per heavy atom. The zero-order valence-corrected chi connectivity index (χ0v) is 10.0. The molecule has 0 aromatic heterocycles. The summed E-state index contributed by atoms with van der Waals surface area (Å²) >= 11 is 0. The largest absolute Gasteiger partial charge is 0.326 e. The van der Waals surface area contributed by atoms with E-state index in [0.29, 0.717) is 12.2 Å². The van der Waals surface area contributed by atoms with Gasteiger partial charge >= 0.3 is 0 Å². The molecule has 1 aliphatic rings. The molecule has 1 fully saturated rings. The summed E-state index contributed by atoms with van der Waals surface area (Å²) in [4.78, 5) is 25.4. The van der Waals surface area contributed by atoms with Crippen LogP contribution in [-0.4, -0.2) is 11.8 Å². The second-order valence-corrected chi connectivity index (χ2v) is 4.42. The first-order chi connectivity index (χ1) is 8.07. The van der Waals surface area contributed by atoms with Crippen molar-refractivity contribution in [3.63, 3.8) is 0 Å². The number of rotatable bonds is 2. The van der Waals surface area contributed by atoms with Gasteiger partial charge in [-0.2, -0.15) is 0 Å². The molecule has 2 amide bonds. The highest BCUT2D eigenvalue weighted by Gasteiger charge is 2.43. The molecule has 2 rings (SSSR count). The summed E-state index contributed by atoms with van der Waals surface area (Å²) in [5, 5.41) is 0. The van der Waals surface area contributed by atoms with Gasteiger partial charge in [-0.25, -0.2) is 4.90 Å². The second-order valence-electron chi connectivity index (χ2n) is 4.42. The number of hydrogen-bond acceptors (Lipinski definition) is 3. The van der Waals surface area contributed by atoms with Gasteiger partial charge in [0.15, 0.2) is 0 Å². The topological polar surface area (TPSA) is 63.4 Å². The highest BCUT2D eigenvalue weighted by atomic mass is 16.2. The normalized spacial score (nSPS) is 24.5. The molecule has 1 aromatic carbocycles. The molecule has 0 bridgehead atoms. The molecule has 1 aliphatic heterocycles. The average Bonchev–Trinajstić information content (AvgIpc) is 2.54. The Bertz CT molecular complexity index is 450. The maximum atomic E-state index is 12.1. The van der Waals surface area contributed by atoms with E-state index in [2.05, 4.69) is 0 Å². The smallest absolute Gasteiger partial charge is 0.237 e. The molecule has 0 aliphatic carbocycles. The maximum Gasteiger partial charge on any atom is 0.237 e. The number of amides is 2. The maximum absolute atomic E-state index is 12.1. The van der Waals surface area contributed by atoms with Gasteiger partial charge in [-0.3, -0.25) is 9.59 Å². The van der Waals surface area contributed by atoms with Crippen molar-refractivity contribution >= 4 is 17.5 Å². The lowest BCUT2D eigenvalue weighted by atomic mass is 10.00. The first kappa shape index (κ1) is 11.8. The van der Waals surface area contributed by atoms with Crippen molar-refractivity contribution in [2.45, 2.75) is 20.4 Å². The molecule has 0 radical (unpaired) electrons. The fourth-order valence-electron chi connectivity index (χ4n) is 2.08. The monoisotopic (exact) mass is 232 g/mol. The van der Waals surface area contributed by atoms with Crippen molar-refractivity contribution in [2.75, 3.05) is 4.90 Å². The summed E-state index contributed by atoms with van der Waals surface area (Å²) in [6, 6.07) is 7.26. The number of nitrogens with zero attached hydrogens (tertiary/aromatic N) is 1. The Balaban J connectivity index is 2.47. The lowest BCUT2D eigenvalue weighted by Crippen LogP contribution is -2.31. The quantitative estimate of drug-likeness (QED) is 0.781. The van der Waals surface area contributed by atoms with Crippen molar-refractivity contribution in [1.29, 1.82) is 0 Å². The van der Waals surface area contributed by atoms with E-state index in [4.69, 9.17) is 5.73 Å². The Kier molecular flexibility index (Phi) is 2.98. The van der Waals surface area contributed by atoms with E-state index in [9.17, 15) is 9.59 Å². The molecule has 4 nitrogen and oxygen atoms in total. The minimum absolute atomic E-state index is 0.136. The van der Waals surface area contributed by atoms with Crippen LogP contribution in [0, 0.1) is 11.8 Å². The zero-order valence-electron chi connectivity index (χ0n) is 10.0. The van der Waals surface area contributed by atoms with Crippen LogP contribution in [0.25, 0.3) is 0 Å². The Hall–Kier alpha value is -1.68. The molecule has 1 aromatic rings. The van der Waals surface area contributed by atoms with E-state index < -0.39 is 0 Å². The number of para-hydroxylation sites is 1. The summed E-state index contributed by atoms with van der Waals surface area (Å²) < 4.78 is 0. The van der Waals surface area contributed by atoms with Gasteiger partial charge in [0.05, 0.1) is 5.69 Å². The van der Waals surface area contributed by atoms with Gasteiger partial charge in [0.2, 0.25) is 11.8 Å². The van der Waals surface area contributed by atoms with E-state index in [0.717, 1.165) is 5.56 Å². The highest BCUT2D eigenvalue weighted by molar-refractivity contribution is 6.22. The van der Waals surface area contributed by atoms with Crippen LogP contribution in [0.15, 0.2) is 24.3 Å². The van der Waals surface area contributed by atoms with Crippen LogP contribution in [0.2, 0.25) is 0 Å². The third kappa shape index (κ3) is 1.74. The SMILES string of the molecule is CC1C(=O)N(c2ccccc2CN)C(=O)C1C. The van der Waals surface area contributed by atoms with Crippen molar-refractivity contribution in [1.82, 2.24) is 0 Å². The minimum atomic E-state index is -0.256. The van der Waals surface area contributed by atoms with Gasteiger partial charge in [0, 0.05) is 18.4 Å². The second kappa shape index (κ2) is 4.30. The van der Waals surface area contributed by atoms with Crippen molar-refractivity contribution < 1.29 is 9.59 Å². The zero-order chi connectivity index (χ0) is 12.6. The Labute approximate surface area is 100 Å². The number of imide groups is 1. The Morgan fingerprint density at radius 1 is 1.12 bits per heavy atom. The van der Waals surface area contributed by atoms with E-state index in [1.54, 1.807) is 19.9 Å². The number of anilines is 1. The first-order valence-electron chi connectivity index (χ1n) is 5.73. The average molecular weight is 232 g/mol. The molecule has 2 unspecified atom stereocenters. The van der Waals surface area contributed by atoms with Gasteiger partial charge in [0.25, 0.3) is 0 Å². The summed E-state index contributed by atoms with van der Waals surface area (Å²) in [5.74, 6) is -0.784. The first-order valence-corrected chi connectivity index (χ1v) is 5.73. The summed E-state index contributed by atoms with van der Waals surface area (Å²) in [6.45, 7) is 3.89. The summed E-state index contributed by atoms with van der Waals surface area (Å²) in [6.07, 6.45) is 0. The molecule has 1 saturated heterocycles. The lowest BCUT2D eigenvalue weighted by Gasteiger charge is -2.17. The molecule has 1 heterocycles. The van der Waals surface area contributed by atoms with E-state index in [1.807, 2.05) is 18.2 Å². The molecule has 4 heteroatoms. The lowest BCUT2D eigenvalue weighted by molar-refractivity contribution is -0.122. The van der Waals surface area contributed by atoms with Crippen LogP contribution in [0.5, 0.6) is 0 Å². The van der Waals surface area contributed by atoms with Gasteiger partial charge in [-0.05, 0) is 11.6 Å². The van der Waals surface area contributed by atoms with Crippen LogP contribution < -0.4 is 10.6 Å². The van der Waals surface area contributed by atoms with Crippen LogP contribution in [0.4, 0.5) is 5.69 Å². The van der Waals surface area contributed by atoms with Gasteiger partial charge in [0.1, 0.15) is 0 Å². The number of carbonyl (C=O) groups is 2. The number of nitrogens with two attached hydrogens (primary N) is 1.